The average molecular weight is 313 g/mol. The van der Waals surface area contributed by atoms with Crippen molar-refractivity contribution in [2.24, 2.45) is 0 Å². The molecule has 1 fully saturated rings. The van der Waals surface area contributed by atoms with Crippen LogP contribution in [0.2, 0.25) is 0 Å². The molecule has 0 saturated carbocycles. The molecule has 0 aliphatic carbocycles. The highest BCUT2D eigenvalue weighted by molar-refractivity contribution is 7.39. The van der Waals surface area contributed by atoms with Gasteiger partial charge in [0.2, 0.25) is 0 Å². The summed E-state index contributed by atoms with van der Waals surface area (Å²) < 4.78 is 17.2. The van der Waals surface area contributed by atoms with Crippen molar-refractivity contribution >= 4 is 8.10 Å². The molecule has 0 N–H and O–H groups in total. The van der Waals surface area contributed by atoms with E-state index in [0.717, 1.165) is 13.1 Å². The van der Waals surface area contributed by atoms with E-state index in [1.807, 2.05) is 36.4 Å². The molecule has 3 nitrogen and oxygen atoms in total. The molecule has 2 atom stereocenters. The van der Waals surface area contributed by atoms with Crippen molar-refractivity contribution in [1.29, 1.82) is 0 Å². The highest BCUT2D eigenvalue weighted by Gasteiger charge is 2.48. The summed E-state index contributed by atoms with van der Waals surface area (Å²) in [5.41, 5.74) is 2.44. The SMILES string of the molecule is CC(c1ccccc1)N1CCN(C(C)c2ccccc2)[P+]1=O. The van der Waals surface area contributed by atoms with Gasteiger partial charge in [0.1, 0.15) is 0 Å². The van der Waals surface area contributed by atoms with Gasteiger partial charge in [-0.25, -0.2) is 0 Å². The maximum atomic E-state index is 12.9. The van der Waals surface area contributed by atoms with Crippen molar-refractivity contribution < 1.29 is 4.57 Å². The van der Waals surface area contributed by atoms with E-state index in [1.165, 1.54) is 11.1 Å². The molecule has 4 heteroatoms. The van der Waals surface area contributed by atoms with Gasteiger partial charge in [0.15, 0.2) is 0 Å². The number of rotatable bonds is 4. The minimum absolute atomic E-state index is 0.179. The van der Waals surface area contributed by atoms with Crippen molar-refractivity contribution in [3.05, 3.63) is 71.8 Å². The minimum Gasteiger partial charge on any atom is -0.0703 e. The molecule has 1 aliphatic heterocycles. The standard InChI is InChI=1S/C18H22N2OP/c1-15(17-9-5-3-6-10-17)19-13-14-20(22(19)21)16(2)18-11-7-4-8-12-18/h3-12,15-16H,13-14H2,1-2H3/q+1. The highest BCUT2D eigenvalue weighted by atomic mass is 31.1. The number of benzene rings is 2. The van der Waals surface area contributed by atoms with Crippen LogP contribution in [0, 0.1) is 0 Å². The number of hydrogen-bond donors (Lipinski definition) is 0. The Morgan fingerprint density at radius 2 is 1.14 bits per heavy atom. The van der Waals surface area contributed by atoms with E-state index in [2.05, 4.69) is 47.5 Å². The molecule has 0 spiro atoms. The summed E-state index contributed by atoms with van der Waals surface area (Å²) >= 11 is 0. The van der Waals surface area contributed by atoms with E-state index in [4.69, 9.17) is 0 Å². The monoisotopic (exact) mass is 313 g/mol. The first-order chi connectivity index (χ1) is 10.7. The zero-order chi connectivity index (χ0) is 15.5. The Labute approximate surface area is 133 Å². The third-order valence-corrected chi connectivity index (χ3v) is 6.43. The number of nitrogens with zero attached hydrogens (tertiary/aromatic N) is 2. The Kier molecular flexibility index (Phi) is 4.68. The van der Waals surface area contributed by atoms with E-state index in [1.54, 1.807) is 0 Å². The van der Waals surface area contributed by atoms with E-state index < -0.39 is 8.10 Å². The van der Waals surface area contributed by atoms with Crippen molar-refractivity contribution in [3.63, 3.8) is 0 Å². The van der Waals surface area contributed by atoms with Crippen LogP contribution in [0.15, 0.2) is 60.7 Å². The van der Waals surface area contributed by atoms with Crippen molar-refractivity contribution in [2.45, 2.75) is 25.9 Å². The zero-order valence-corrected chi connectivity index (χ0v) is 14.0. The maximum absolute atomic E-state index is 12.9. The lowest BCUT2D eigenvalue weighted by molar-refractivity contribution is 0.377. The summed E-state index contributed by atoms with van der Waals surface area (Å²) in [7, 11) is -1.50. The van der Waals surface area contributed by atoms with Crippen molar-refractivity contribution in [3.8, 4) is 0 Å². The molecule has 1 heterocycles. The summed E-state index contributed by atoms with van der Waals surface area (Å²) in [6.07, 6.45) is 0. The molecule has 2 aromatic rings. The first-order valence-corrected chi connectivity index (χ1v) is 8.95. The molecular weight excluding hydrogens is 291 g/mol. The topological polar surface area (TPSA) is 23.6 Å². The third kappa shape index (κ3) is 2.98. The Morgan fingerprint density at radius 1 is 0.773 bits per heavy atom. The summed E-state index contributed by atoms with van der Waals surface area (Å²) in [4.78, 5) is 0. The lowest BCUT2D eigenvalue weighted by Gasteiger charge is -2.16. The molecule has 1 aliphatic rings. The fourth-order valence-electron chi connectivity index (χ4n) is 3.01. The predicted octanol–water partition coefficient (Wildman–Crippen LogP) is 4.78. The second-order valence-electron chi connectivity index (χ2n) is 5.75. The quantitative estimate of drug-likeness (QED) is 0.759. The van der Waals surface area contributed by atoms with Gasteiger partial charge in [-0.1, -0.05) is 70.0 Å². The van der Waals surface area contributed by atoms with Crippen LogP contribution in [-0.4, -0.2) is 22.4 Å². The minimum atomic E-state index is -1.50. The number of hydrogen-bond acceptors (Lipinski definition) is 1. The molecular formula is C18H22N2OP+. The molecule has 2 aromatic carbocycles. The second-order valence-corrected chi connectivity index (χ2v) is 7.29. The molecule has 2 unspecified atom stereocenters. The molecule has 1 saturated heterocycles. The first-order valence-electron chi connectivity index (χ1n) is 7.78. The summed E-state index contributed by atoms with van der Waals surface area (Å²) in [5.74, 6) is 0. The van der Waals surface area contributed by atoms with Gasteiger partial charge >= 0.3 is 8.10 Å². The highest BCUT2D eigenvalue weighted by Crippen LogP contribution is 2.48. The van der Waals surface area contributed by atoms with Crippen LogP contribution in [0.25, 0.3) is 0 Å². The van der Waals surface area contributed by atoms with Crippen LogP contribution in [0.3, 0.4) is 0 Å². The van der Waals surface area contributed by atoms with Crippen molar-refractivity contribution in [2.75, 3.05) is 13.1 Å². The van der Waals surface area contributed by atoms with Crippen LogP contribution in [0.4, 0.5) is 0 Å². The van der Waals surface area contributed by atoms with Gasteiger partial charge in [0.25, 0.3) is 0 Å². The van der Waals surface area contributed by atoms with Gasteiger partial charge in [-0.2, -0.15) is 0 Å². The lowest BCUT2D eigenvalue weighted by Crippen LogP contribution is -2.17. The molecule has 114 valence electrons. The molecule has 3 rings (SSSR count). The van der Waals surface area contributed by atoms with Crippen LogP contribution in [0.1, 0.15) is 37.1 Å². The van der Waals surface area contributed by atoms with Gasteiger partial charge < -0.3 is 0 Å². The van der Waals surface area contributed by atoms with Crippen LogP contribution in [0.5, 0.6) is 0 Å². The molecule has 0 amide bonds. The first kappa shape index (κ1) is 15.4. The van der Waals surface area contributed by atoms with Crippen LogP contribution < -0.4 is 0 Å². The fourth-order valence-corrected chi connectivity index (χ4v) is 4.69. The van der Waals surface area contributed by atoms with Gasteiger partial charge in [-0.3, -0.25) is 0 Å². The fraction of sp³-hybridized carbons (Fsp3) is 0.333. The van der Waals surface area contributed by atoms with E-state index in [-0.39, 0.29) is 12.1 Å². The van der Waals surface area contributed by atoms with E-state index in [0.29, 0.717) is 0 Å². The second kappa shape index (κ2) is 6.70. The van der Waals surface area contributed by atoms with Crippen molar-refractivity contribution in [1.82, 2.24) is 9.34 Å². The third-order valence-electron chi connectivity index (χ3n) is 4.46. The molecule has 0 aromatic heterocycles. The Balaban J connectivity index is 1.75. The summed E-state index contributed by atoms with van der Waals surface area (Å²) in [5, 5.41) is 0. The van der Waals surface area contributed by atoms with Gasteiger partial charge in [-0.15, -0.1) is 0 Å². The van der Waals surface area contributed by atoms with Crippen LogP contribution in [-0.2, 0) is 4.57 Å². The van der Waals surface area contributed by atoms with Gasteiger partial charge in [0.05, 0.1) is 25.2 Å². The lowest BCUT2D eigenvalue weighted by atomic mass is 10.1. The Hall–Kier alpha value is -1.54. The smallest absolute Gasteiger partial charge is 0.0703 e. The van der Waals surface area contributed by atoms with E-state index in [9.17, 15) is 4.57 Å². The predicted molar refractivity (Wildman–Crippen MR) is 90.7 cm³/mol. The Morgan fingerprint density at radius 3 is 1.50 bits per heavy atom. The summed E-state index contributed by atoms with van der Waals surface area (Å²) in [6.45, 7) is 5.98. The van der Waals surface area contributed by atoms with Gasteiger partial charge in [0, 0.05) is 0 Å². The largest absolute Gasteiger partial charge is 0.538 e. The van der Waals surface area contributed by atoms with E-state index >= 15 is 0 Å². The molecule has 22 heavy (non-hydrogen) atoms. The maximum Gasteiger partial charge on any atom is 0.538 e. The summed E-state index contributed by atoms with van der Waals surface area (Å²) in [6, 6.07) is 21.0. The molecule has 0 radical (unpaired) electrons. The average Bonchev–Trinajstić information content (AvgIpc) is 2.96. The van der Waals surface area contributed by atoms with Gasteiger partial charge in [-0.05, 0) is 29.5 Å². The Bertz CT molecular complexity index is 577. The van der Waals surface area contributed by atoms with Crippen LogP contribution >= 0.6 is 8.10 Å². The zero-order valence-electron chi connectivity index (χ0n) is 13.1. The molecule has 0 bridgehead atoms. The normalized spacial score (nSPS) is 20.9.